The van der Waals surface area contributed by atoms with E-state index < -0.39 is 0 Å². The molecule has 0 atom stereocenters. The number of aromatic nitrogens is 3. The summed E-state index contributed by atoms with van der Waals surface area (Å²) in [6.45, 7) is 1.32. The van der Waals surface area contributed by atoms with Crippen LogP contribution in [-0.2, 0) is 13.1 Å². The van der Waals surface area contributed by atoms with E-state index in [0.717, 1.165) is 23.4 Å². The van der Waals surface area contributed by atoms with Crippen molar-refractivity contribution in [2.45, 2.75) is 32.0 Å². The average molecular weight is 289 g/mol. The van der Waals surface area contributed by atoms with Gasteiger partial charge in [-0.05, 0) is 12.8 Å². The number of amides is 1. The molecule has 104 valence electrons. The molecule has 0 aromatic carbocycles. The number of thiazole rings is 1. The van der Waals surface area contributed by atoms with Gasteiger partial charge >= 0.3 is 0 Å². The summed E-state index contributed by atoms with van der Waals surface area (Å²) in [5, 5.41) is 8.90. The first-order chi connectivity index (χ1) is 9.81. The Bertz CT molecular complexity index is 581. The molecule has 0 bridgehead atoms. The molecule has 1 fully saturated rings. The van der Waals surface area contributed by atoms with Crippen LogP contribution in [0.4, 0.5) is 0 Å². The van der Waals surface area contributed by atoms with Crippen molar-refractivity contribution in [1.82, 2.24) is 25.6 Å². The highest BCUT2D eigenvalue weighted by Crippen LogP contribution is 2.19. The first kappa shape index (κ1) is 13.1. The van der Waals surface area contributed by atoms with Crippen LogP contribution in [0.1, 0.15) is 33.9 Å². The third kappa shape index (κ3) is 3.58. The van der Waals surface area contributed by atoms with Crippen molar-refractivity contribution in [3.63, 3.8) is 0 Å². The van der Waals surface area contributed by atoms with Gasteiger partial charge in [-0.25, -0.2) is 15.0 Å². The Morgan fingerprint density at radius 2 is 2.10 bits per heavy atom. The van der Waals surface area contributed by atoms with Crippen molar-refractivity contribution in [2.24, 2.45) is 0 Å². The molecule has 3 rings (SSSR count). The number of hydrogen-bond acceptors (Lipinski definition) is 6. The summed E-state index contributed by atoms with van der Waals surface area (Å²) in [5.74, 6) is -0.0635. The molecule has 2 aromatic rings. The van der Waals surface area contributed by atoms with Crippen LogP contribution in [0, 0.1) is 0 Å². The minimum absolute atomic E-state index is 0.0635. The maximum atomic E-state index is 11.8. The lowest BCUT2D eigenvalue weighted by Gasteiger charge is -2.01. The van der Waals surface area contributed by atoms with Crippen molar-refractivity contribution in [1.29, 1.82) is 0 Å². The van der Waals surface area contributed by atoms with Gasteiger partial charge in [0, 0.05) is 42.5 Å². The molecule has 20 heavy (non-hydrogen) atoms. The van der Waals surface area contributed by atoms with Crippen LogP contribution >= 0.6 is 11.3 Å². The van der Waals surface area contributed by atoms with Crippen molar-refractivity contribution in [2.75, 3.05) is 0 Å². The fourth-order valence-electron chi connectivity index (χ4n) is 1.72. The number of nitrogens with zero attached hydrogens (tertiary/aromatic N) is 3. The van der Waals surface area contributed by atoms with Gasteiger partial charge in [-0.1, -0.05) is 0 Å². The summed E-state index contributed by atoms with van der Waals surface area (Å²) in [6, 6.07) is 0.365. The average Bonchev–Trinajstić information content (AvgIpc) is 3.15. The van der Waals surface area contributed by atoms with E-state index in [2.05, 4.69) is 25.6 Å². The molecule has 2 aromatic heterocycles. The molecule has 0 unspecified atom stereocenters. The van der Waals surface area contributed by atoms with Crippen LogP contribution in [0.5, 0.6) is 0 Å². The third-order valence-corrected chi connectivity index (χ3v) is 3.77. The fourth-order valence-corrected chi connectivity index (χ4v) is 2.46. The minimum atomic E-state index is -0.0635. The number of carbonyl (C=O) groups is 1. The van der Waals surface area contributed by atoms with E-state index in [1.165, 1.54) is 17.7 Å². The maximum absolute atomic E-state index is 11.8. The molecule has 0 aliphatic heterocycles. The number of carbonyl (C=O) groups excluding carboxylic acids is 1. The zero-order valence-electron chi connectivity index (χ0n) is 10.9. The third-order valence-electron chi connectivity index (χ3n) is 2.92. The quantitative estimate of drug-likeness (QED) is 0.833. The van der Waals surface area contributed by atoms with E-state index >= 15 is 0 Å². The van der Waals surface area contributed by atoms with Crippen LogP contribution in [0.25, 0.3) is 0 Å². The van der Waals surface area contributed by atoms with Gasteiger partial charge < -0.3 is 10.6 Å². The largest absolute Gasteiger partial charge is 0.348 e. The van der Waals surface area contributed by atoms with E-state index in [4.69, 9.17) is 0 Å². The van der Waals surface area contributed by atoms with E-state index in [1.54, 1.807) is 17.8 Å². The predicted octanol–water partition coefficient (Wildman–Crippen LogP) is 1.12. The second kappa shape index (κ2) is 6.06. The summed E-state index contributed by atoms with van der Waals surface area (Å²) >= 11 is 1.49. The smallest absolute Gasteiger partial charge is 0.270 e. The van der Waals surface area contributed by atoms with Crippen molar-refractivity contribution in [3.05, 3.63) is 40.4 Å². The Balaban J connectivity index is 1.48. The number of hydrogen-bond donors (Lipinski definition) is 2. The van der Waals surface area contributed by atoms with E-state index in [-0.39, 0.29) is 5.91 Å². The van der Waals surface area contributed by atoms with Crippen LogP contribution < -0.4 is 10.6 Å². The lowest BCUT2D eigenvalue weighted by Crippen LogP contribution is -2.25. The van der Waals surface area contributed by atoms with Crippen molar-refractivity contribution < 1.29 is 4.79 Å². The first-order valence-corrected chi connectivity index (χ1v) is 7.39. The van der Waals surface area contributed by atoms with Crippen LogP contribution in [0.2, 0.25) is 0 Å². The molecule has 1 saturated carbocycles. The van der Waals surface area contributed by atoms with Gasteiger partial charge in [-0.15, -0.1) is 11.3 Å². The molecule has 1 aliphatic carbocycles. The summed E-state index contributed by atoms with van der Waals surface area (Å²) in [6.07, 6.45) is 7.23. The van der Waals surface area contributed by atoms with Gasteiger partial charge in [0.2, 0.25) is 0 Å². The van der Waals surface area contributed by atoms with Crippen LogP contribution in [0.3, 0.4) is 0 Å². The SMILES string of the molecule is O=C(NC1CC1)c1csc(CNCc2cncnc2)n1. The van der Waals surface area contributed by atoms with Crippen LogP contribution in [-0.4, -0.2) is 26.9 Å². The van der Waals surface area contributed by atoms with Crippen molar-refractivity contribution >= 4 is 17.2 Å². The Morgan fingerprint density at radius 1 is 1.30 bits per heavy atom. The first-order valence-electron chi connectivity index (χ1n) is 6.51. The monoisotopic (exact) mass is 289 g/mol. The second-order valence-electron chi connectivity index (χ2n) is 4.72. The van der Waals surface area contributed by atoms with Gasteiger partial charge in [0.25, 0.3) is 5.91 Å². The zero-order chi connectivity index (χ0) is 13.8. The van der Waals surface area contributed by atoms with Gasteiger partial charge in [-0.3, -0.25) is 4.79 Å². The lowest BCUT2D eigenvalue weighted by molar-refractivity contribution is 0.0946. The summed E-state index contributed by atoms with van der Waals surface area (Å²) in [7, 11) is 0. The van der Waals surface area contributed by atoms with Gasteiger partial charge in [0.05, 0.1) is 0 Å². The molecule has 0 saturated heterocycles. The minimum Gasteiger partial charge on any atom is -0.348 e. The standard InChI is InChI=1S/C13H15N5OS/c19-13(17-10-1-2-10)11-7-20-12(18-11)6-14-3-9-4-15-8-16-5-9/h4-5,7-8,10,14H,1-3,6H2,(H,17,19). The number of rotatable bonds is 6. The van der Waals surface area contributed by atoms with Crippen LogP contribution in [0.15, 0.2) is 24.1 Å². The zero-order valence-corrected chi connectivity index (χ0v) is 11.7. The Labute approximate surface area is 120 Å². The van der Waals surface area contributed by atoms with E-state index in [9.17, 15) is 4.79 Å². The molecule has 2 N–H and O–H groups in total. The molecule has 0 radical (unpaired) electrons. The Morgan fingerprint density at radius 3 is 2.85 bits per heavy atom. The lowest BCUT2D eigenvalue weighted by atomic mass is 10.3. The highest BCUT2D eigenvalue weighted by Gasteiger charge is 2.24. The van der Waals surface area contributed by atoms with Gasteiger partial charge in [-0.2, -0.15) is 0 Å². The maximum Gasteiger partial charge on any atom is 0.270 e. The number of nitrogens with one attached hydrogen (secondary N) is 2. The van der Waals surface area contributed by atoms with Crippen molar-refractivity contribution in [3.8, 4) is 0 Å². The molecule has 2 heterocycles. The molecule has 1 amide bonds. The molecule has 7 heteroatoms. The van der Waals surface area contributed by atoms with Gasteiger partial charge in [0.1, 0.15) is 17.0 Å². The fraction of sp³-hybridized carbons (Fsp3) is 0.385. The van der Waals surface area contributed by atoms with E-state index in [1.807, 2.05) is 0 Å². The summed E-state index contributed by atoms with van der Waals surface area (Å²) < 4.78 is 0. The topological polar surface area (TPSA) is 79.8 Å². The molecular formula is C13H15N5OS. The normalized spacial score (nSPS) is 14.2. The Hall–Kier alpha value is -1.86. The Kier molecular flexibility index (Phi) is 3.98. The molecule has 6 nitrogen and oxygen atoms in total. The molecular weight excluding hydrogens is 274 g/mol. The highest BCUT2D eigenvalue weighted by molar-refractivity contribution is 7.09. The van der Waals surface area contributed by atoms with Gasteiger partial charge in [0.15, 0.2) is 0 Å². The molecule has 1 aliphatic rings. The summed E-state index contributed by atoms with van der Waals surface area (Å²) in [5.41, 5.74) is 1.54. The highest BCUT2D eigenvalue weighted by atomic mass is 32.1. The van der Waals surface area contributed by atoms with E-state index in [0.29, 0.717) is 24.8 Å². The predicted molar refractivity (Wildman–Crippen MR) is 75.2 cm³/mol. The summed E-state index contributed by atoms with van der Waals surface area (Å²) in [4.78, 5) is 24.0. The molecule has 0 spiro atoms. The second-order valence-corrected chi connectivity index (χ2v) is 5.67.